The summed E-state index contributed by atoms with van der Waals surface area (Å²) in [4.78, 5) is 2.70. The third kappa shape index (κ3) is 4.43. The third-order valence-electron chi connectivity index (χ3n) is 4.55. The number of hydrogen-bond donors (Lipinski definition) is 1. The summed E-state index contributed by atoms with van der Waals surface area (Å²) in [7, 11) is 0. The van der Waals surface area contributed by atoms with Gasteiger partial charge in [0.25, 0.3) is 0 Å². The summed E-state index contributed by atoms with van der Waals surface area (Å²) in [5, 5.41) is 3.70. The van der Waals surface area contributed by atoms with E-state index in [2.05, 4.69) is 55.9 Å². The Balaban J connectivity index is 2.63. The molecule has 1 heterocycles. The standard InChI is InChI=1S/C15H32N2S/c1-6-15(7-2,18-5)12-17-10-8-9-16-14(11-17)13(3)4/h13-14,16H,6-12H2,1-5H3. The van der Waals surface area contributed by atoms with Crippen LogP contribution in [-0.2, 0) is 0 Å². The zero-order valence-corrected chi connectivity index (χ0v) is 13.8. The largest absolute Gasteiger partial charge is 0.312 e. The molecule has 1 rings (SSSR count). The van der Waals surface area contributed by atoms with Crippen LogP contribution >= 0.6 is 11.8 Å². The number of nitrogens with zero attached hydrogens (tertiary/aromatic N) is 1. The van der Waals surface area contributed by atoms with E-state index >= 15 is 0 Å². The fraction of sp³-hybridized carbons (Fsp3) is 1.00. The number of nitrogens with one attached hydrogen (secondary N) is 1. The third-order valence-corrected chi connectivity index (χ3v) is 6.12. The Labute approximate surface area is 118 Å². The van der Waals surface area contributed by atoms with E-state index in [1.807, 2.05) is 0 Å². The van der Waals surface area contributed by atoms with Crippen LogP contribution in [0.2, 0.25) is 0 Å². The van der Waals surface area contributed by atoms with E-state index in [0.29, 0.717) is 10.8 Å². The van der Waals surface area contributed by atoms with Crippen LogP contribution in [0.5, 0.6) is 0 Å². The maximum atomic E-state index is 3.70. The van der Waals surface area contributed by atoms with Crippen LogP contribution in [0.1, 0.15) is 47.0 Å². The van der Waals surface area contributed by atoms with E-state index in [0.717, 1.165) is 5.92 Å². The molecule has 0 aromatic rings. The van der Waals surface area contributed by atoms with Crippen LogP contribution in [-0.4, -0.2) is 48.1 Å². The van der Waals surface area contributed by atoms with Crippen LogP contribution in [0.25, 0.3) is 0 Å². The molecular weight excluding hydrogens is 240 g/mol. The topological polar surface area (TPSA) is 15.3 Å². The number of thioether (sulfide) groups is 1. The van der Waals surface area contributed by atoms with Crippen LogP contribution < -0.4 is 5.32 Å². The van der Waals surface area contributed by atoms with Gasteiger partial charge in [-0.2, -0.15) is 11.8 Å². The van der Waals surface area contributed by atoms with Gasteiger partial charge in [-0.25, -0.2) is 0 Å². The highest BCUT2D eigenvalue weighted by Gasteiger charge is 2.30. The van der Waals surface area contributed by atoms with Crippen molar-refractivity contribution in [3.05, 3.63) is 0 Å². The molecule has 1 N–H and O–H groups in total. The minimum atomic E-state index is 0.464. The Hall–Kier alpha value is 0.270. The van der Waals surface area contributed by atoms with E-state index in [-0.39, 0.29) is 0 Å². The summed E-state index contributed by atoms with van der Waals surface area (Å²) in [6, 6.07) is 0.667. The summed E-state index contributed by atoms with van der Waals surface area (Å²) < 4.78 is 0.464. The summed E-state index contributed by atoms with van der Waals surface area (Å²) >= 11 is 2.07. The fourth-order valence-corrected chi connectivity index (χ4v) is 3.74. The van der Waals surface area contributed by atoms with Crippen LogP contribution in [0.3, 0.4) is 0 Å². The lowest BCUT2D eigenvalue weighted by molar-refractivity contribution is 0.219. The highest BCUT2D eigenvalue weighted by atomic mass is 32.2. The minimum Gasteiger partial charge on any atom is -0.312 e. The zero-order chi connectivity index (χ0) is 13.6. The lowest BCUT2D eigenvalue weighted by Gasteiger charge is -2.37. The average Bonchev–Trinajstić information content (AvgIpc) is 2.61. The molecule has 2 nitrogen and oxygen atoms in total. The first-order valence-corrected chi connectivity index (χ1v) is 8.80. The maximum Gasteiger partial charge on any atom is 0.0279 e. The minimum absolute atomic E-state index is 0.464. The Morgan fingerprint density at radius 2 is 2.00 bits per heavy atom. The molecule has 0 aliphatic carbocycles. The predicted octanol–water partition coefficient (Wildman–Crippen LogP) is 3.23. The van der Waals surface area contributed by atoms with E-state index < -0.39 is 0 Å². The molecule has 1 aliphatic rings. The lowest BCUT2D eigenvalue weighted by Crippen LogP contribution is -2.46. The van der Waals surface area contributed by atoms with Crippen LogP contribution in [0.4, 0.5) is 0 Å². The molecule has 18 heavy (non-hydrogen) atoms. The highest BCUT2D eigenvalue weighted by Crippen LogP contribution is 2.31. The van der Waals surface area contributed by atoms with Gasteiger partial charge in [0.2, 0.25) is 0 Å². The fourth-order valence-electron chi connectivity index (χ4n) is 2.85. The van der Waals surface area contributed by atoms with Gasteiger partial charge in [0.1, 0.15) is 0 Å². The van der Waals surface area contributed by atoms with Crippen molar-refractivity contribution < 1.29 is 0 Å². The molecule has 0 saturated carbocycles. The molecule has 0 radical (unpaired) electrons. The van der Waals surface area contributed by atoms with Gasteiger partial charge >= 0.3 is 0 Å². The van der Waals surface area contributed by atoms with Gasteiger partial charge in [0.15, 0.2) is 0 Å². The monoisotopic (exact) mass is 272 g/mol. The van der Waals surface area contributed by atoms with Crippen LogP contribution in [0.15, 0.2) is 0 Å². The number of hydrogen-bond acceptors (Lipinski definition) is 3. The van der Waals surface area contributed by atoms with Gasteiger partial charge in [-0.15, -0.1) is 0 Å². The molecule has 1 fully saturated rings. The van der Waals surface area contributed by atoms with Crippen molar-refractivity contribution in [3.8, 4) is 0 Å². The second kappa shape index (κ2) is 7.76. The maximum absolute atomic E-state index is 3.70. The molecule has 1 atom stereocenters. The van der Waals surface area contributed by atoms with Crippen molar-refractivity contribution in [2.24, 2.45) is 5.92 Å². The first kappa shape index (κ1) is 16.3. The van der Waals surface area contributed by atoms with Crippen molar-refractivity contribution in [2.45, 2.75) is 57.7 Å². The number of rotatable bonds is 6. The quantitative estimate of drug-likeness (QED) is 0.799. The van der Waals surface area contributed by atoms with Crippen molar-refractivity contribution in [1.29, 1.82) is 0 Å². The molecule has 1 unspecified atom stereocenters. The Bertz CT molecular complexity index is 218. The van der Waals surface area contributed by atoms with E-state index in [1.165, 1.54) is 45.4 Å². The van der Waals surface area contributed by atoms with Crippen molar-refractivity contribution in [2.75, 3.05) is 32.4 Å². The smallest absolute Gasteiger partial charge is 0.0279 e. The summed E-state index contributed by atoms with van der Waals surface area (Å²) in [6.07, 6.45) is 6.13. The van der Waals surface area contributed by atoms with Crippen LogP contribution in [0, 0.1) is 5.92 Å². The molecule has 0 aromatic carbocycles. The van der Waals surface area contributed by atoms with E-state index in [4.69, 9.17) is 0 Å². The second-order valence-electron chi connectivity index (χ2n) is 5.99. The molecule has 0 bridgehead atoms. The van der Waals surface area contributed by atoms with Crippen molar-refractivity contribution >= 4 is 11.8 Å². The first-order chi connectivity index (χ1) is 8.56. The molecular formula is C15H32N2S. The molecule has 0 amide bonds. The lowest BCUT2D eigenvalue weighted by atomic mass is 9.99. The van der Waals surface area contributed by atoms with Gasteiger partial charge in [-0.1, -0.05) is 27.7 Å². The van der Waals surface area contributed by atoms with Gasteiger partial charge < -0.3 is 10.2 Å². The van der Waals surface area contributed by atoms with Gasteiger partial charge in [0, 0.05) is 23.9 Å². The molecule has 1 aliphatic heterocycles. The van der Waals surface area contributed by atoms with Gasteiger partial charge in [0.05, 0.1) is 0 Å². The first-order valence-electron chi connectivity index (χ1n) is 7.57. The van der Waals surface area contributed by atoms with E-state index in [1.54, 1.807) is 0 Å². The highest BCUT2D eigenvalue weighted by molar-refractivity contribution is 8.00. The molecule has 108 valence electrons. The van der Waals surface area contributed by atoms with Crippen molar-refractivity contribution in [1.82, 2.24) is 10.2 Å². The average molecular weight is 273 g/mol. The van der Waals surface area contributed by atoms with Crippen molar-refractivity contribution in [3.63, 3.8) is 0 Å². The molecule has 3 heteroatoms. The van der Waals surface area contributed by atoms with E-state index in [9.17, 15) is 0 Å². The second-order valence-corrected chi connectivity index (χ2v) is 7.26. The Morgan fingerprint density at radius 1 is 1.33 bits per heavy atom. The summed E-state index contributed by atoms with van der Waals surface area (Å²) in [5.41, 5.74) is 0. The normalized spacial score (nSPS) is 23.3. The SMILES string of the molecule is CCC(CC)(CN1CCCNC(C(C)C)C1)SC. The van der Waals surface area contributed by atoms with Gasteiger partial charge in [-0.05, 0) is 44.5 Å². The predicted molar refractivity (Wildman–Crippen MR) is 84.5 cm³/mol. The summed E-state index contributed by atoms with van der Waals surface area (Å²) in [5.74, 6) is 0.734. The molecule has 1 saturated heterocycles. The Morgan fingerprint density at radius 3 is 2.50 bits per heavy atom. The Kier molecular flexibility index (Phi) is 7.04. The van der Waals surface area contributed by atoms with Gasteiger partial charge in [-0.3, -0.25) is 0 Å². The zero-order valence-electron chi connectivity index (χ0n) is 13.0. The summed E-state index contributed by atoms with van der Waals surface area (Å²) in [6.45, 7) is 14.3. The molecule has 0 aromatic heterocycles. The molecule has 0 spiro atoms.